The van der Waals surface area contributed by atoms with Crippen LogP contribution < -0.4 is 10.5 Å². The third-order valence-corrected chi connectivity index (χ3v) is 6.10. The van der Waals surface area contributed by atoms with Crippen molar-refractivity contribution in [3.63, 3.8) is 0 Å². The molecule has 1 aliphatic carbocycles. The van der Waals surface area contributed by atoms with E-state index in [1.807, 2.05) is 0 Å². The average molecular weight is 274 g/mol. The first-order chi connectivity index (χ1) is 8.08. The van der Waals surface area contributed by atoms with Crippen molar-refractivity contribution in [1.82, 2.24) is 4.72 Å². The van der Waals surface area contributed by atoms with Crippen LogP contribution in [-0.2, 0) is 10.0 Å². The standard InChI is InChI=1S/C11H18N2O2S2/c12-10-7-11(16-8-10)17(14,15)13-6-5-9-3-1-2-4-9/h7-9,13H,1-6,12H2. The molecule has 0 aromatic carbocycles. The fourth-order valence-corrected chi connectivity index (χ4v) is 4.41. The van der Waals surface area contributed by atoms with Crippen molar-refractivity contribution in [2.75, 3.05) is 12.3 Å². The lowest BCUT2D eigenvalue weighted by Gasteiger charge is -2.09. The number of nitrogens with two attached hydrogens (primary N) is 1. The van der Waals surface area contributed by atoms with Gasteiger partial charge in [-0.1, -0.05) is 25.7 Å². The summed E-state index contributed by atoms with van der Waals surface area (Å²) in [4.78, 5) is 0. The molecule has 0 atom stereocenters. The third-order valence-electron chi connectivity index (χ3n) is 3.18. The van der Waals surface area contributed by atoms with Crippen molar-refractivity contribution in [1.29, 1.82) is 0 Å². The van der Waals surface area contributed by atoms with E-state index in [9.17, 15) is 8.42 Å². The fourth-order valence-electron chi connectivity index (χ4n) is 2.24. The first-order valence-corrected chi connectivity index (χ1v) is 8.28. The van der Waals surface area contributed by atoms with Gasteiger partial charge in [-0.05, 0) is 18.4 Å². The van der Waals surface area contributed by atoms with Gasteiger partial charge in [-0.15, -0.1) is 11.3 Å². The van der Waals surface area contributed by atoms with Crippen molar-refractivity contribution in [2.24, 2.45) is 5.92 Å². The molecule has 1 heterocycles. The predicted octanol–water partition coefficient (Wildman–Crippen LogP) is 2.19. The molecule has 0 saturated heterocycles. The normalized spacial score (nSPS) is 17.6. The van der Waals surface area contributed by atoms with E-state index in [-0.39, 0.29) is 0 Å². The molecule has 0 radical (unpaired) electrons. The van der Waals surface area contributed by atoms with Gasteiger partial charge in [0.15, 0.2) is 0 Å². The number of nitrogen functional groups attached to an aromatic ring is 1. The van der Waals surface area contributed by atoms with Crippen LogP contribution in [0.3, 0.4) is 0 Å². The number of thiophene rings is 1. The van der Waals surface area contributed by atoms with E-state index >= 15 is 0 Å². The molecule has 4 nitrogen and oxygen atoms in total. The van der Waals surface area contributed by atoms with Gasteiger partial charge in [-0.3, -0.25) is 0 Å². The Labute approximate surface area is 106 Å². The van der Waals surface area contributed by atoms with Crippen LogP contribution in [0.1, 0.15) is 32.1 Å². The molecular formula is C11H18N2O2S2. The summed E-state index contributed by atoms with van der Waals surface area (Å²) < 4.78 is 26.7. The fraction of sp³-hybridized carbons (Fsp3) is 0.636. The molecule has 17 heavy (non-hydrogen) atoms. The molecule has 96 valence electrons. The molecule has 6 heteroatoms. The molecule has 0 aliphatic heterocycles. The minimum absolute atomic E-state index is 0.307. The summed E-state index contributed by atoms with van der Waals surface area (Å²) >= 11 is 1.16. The van der Waals surface area contributed by atoms with Crippen LogP contribution in [0.25, 0.3) is 0 Å². The molecule has 0 bridgehead atoms. The summed E-state index contributed by atoms with van der Waals surface area (Å²) in [6.45, 7) is 0.533. The third kappa shape index (κ3) is 3.43. The van der Waals surface area contributed by atoms with Gasteiger partial charge in [0.1, 0.15) is 4.21 Å². The van der Waals surface area contributed by atoms with E-state index < -0.39 is 10.0 Å². The van der Waals surface area contributed by atoms with E-state index in [1.54, 1.807) is 5.38 Å². The highest BCUT2D eigenvalue weighted by Crippen LogP contribution is 2.27. The molecule has 1 fully saturated rings. The maximum absolute atomic E-state index is 11.9. The second kappa shape index (κ2) is 5.37. The average Bonchev–Trinajstić information content (AvgIpc) is 2.89. The zero-order chi connectivity index (χ0) is 12.3. The van der Waals surface area contributed by atoms with Gasteiger partial charge in [0.2, 0.25) is 10.0 Å². The summed E-state index contributed by atoms with van der Waals surface area (Å²) in [5.41, 5.74) is 6.03. The molecule has 3 N–H and O–H groups in total. The Balaban J connectivity index is 1.85. The SMILES string of the molecule is Nc1csc(S(=O)(=O)NCCC2CCCC2)c1. The number of anilines is 1. The van der Waals surface area contributed by atoms with Gasteiger partial charge in [0.05, 0.1) is 0 Å². The molecule has 0 unspecified atom stereocenters. The van der Waals surface area contributed by atoms with Gasteiger partial charge in [-0.25, -0.2) is 13.1 Å². The highest BCUT2D eigenvalue weighted by molar-refractivity contribution is 7.91. The Morgan fingerprint density at radius 2 is 2.12 bits per heavy atom. The molecule has 2 rings (SSSR count). The summed E-state index contributed by atoms with van der Waals surface area (Å²) in [6, 6.07) is 1.50. The van der Waals surface area contributed by atoms with Gasteiger partial charge < -0.3 is 5.73 Å². The molecular weight excluding hydrogens is 256 g/mol. The highest BCUT2D eigenvalue weighted by atomic mass is 32.2. The van der Waals surface area contributed by atoms with Crippen molar-refractivity contribution in [3.8, 4) is 0 Å². The summed E-state index contributed by atoms with van der Waals surface area (Å²) in [5, 5.41) is 1.64. The Bertz CT molecular complexity index is 462. The largest absolute Gasteiger partial charge is 0.398 e. The van der Waals surface area contributed by atoms with Crippen LogP contribution in [0.4, 0.5) is 5.69 Å². The van der Waals surface area contributed by atoms with Crippen LogP contribution in [0.5, 0.6) is 0 Å². The smallest absolute Gasteiger partial charge is 0.250 e. The maximum atomic E-state index is 11.9. The zero-order valence-electron chi connectivity index (χ0n) is 9.69. The second-order valence-electron chi connectivity index (χ2n) is 4.54. The van der Waals surface area contributed by atoms with Crippen LogP contribution in [-0.4, -0.2) is 15.0 Å². The van der Waals surface area contributed by atoms with Crippen LogP contribution in [0.15, 0.2) is 15.7 Å². The summed E-state index contributed by atoms with van der Waals surface area (Å²) in [6.07, 6.45) is 6.01. The number of rotatable bonds is 5. The Morgan fingerprint density at radius 3 is 2.71 bits per heavy atom. The van der Waals surface area contributed by atoms with Crippen LogP contribution in [0.2, 0.25) is 0 Å². The number of sulfonamides is 1. The zero-order valence-corrected chi connectivity index (χ0v) is 11.3. The maximum Gasteiger partial charge on any atom is 0.250 e. The second-order valence-corrected chi connectivity index (χ2v) is 7.44. The highest BCUT2D eigenvalue weighted by Gasteiger charge is 2.18. The van der Waals surface area contributed by atoms with Crippen LogP contribution in [0, 0.1) is 5.92 Å². The van der Waals surface area contributed by atoms with Crippen molar-refractivity contribution < 1.29 is 8.42 Å². The van der Waals surface area contributed by atoms with E-state index in [0.29, 0.717) is 22.4 Å². The van der Waals surface area contributed by atoms with E-state index in [4.69, 9.17) is 5.73 Å². The first kappa shape index (κ1) is 12.9. The Hall–Kier alpha value is -0.590. The first-order valence-electron chi connectivity index (χ1n) is 5.91. The van der Waals surface area contributed by atoms with Crippen LogP contribution >= 0.6 is 11.3 Å². The van der Waals surface area contributed by atoms with Gasteiger partial charge in [0, 0.05) is 17.6 Å². The van der Waals surface area contributed by atoms with Crippen molar-refractivity contribution in [3.05, 3.63) is 11.4 Å². The molecule has 1 aliphatic rings. The number of hydrogen-bond donors (Lipinski definition) is 2. The van der Waals surface area contributed by atoms with Gasteiger partial charge in [-0.2, -0.15) is 0 Å². The van der Waals surface area contributed by atoms with E-state index in [1.165, 1.54) is 31.7 Å². The van der Waals surface area contributed by atoms with Crippen molar-refractivity contribution >= 4 is 27.0 Å². The summed E-state index contributed by atoms with van der Waals surface area (Å²) in [5.74, 6) is 0.700. The monoisotopic (exact) mass is 274 g/mol. The predicted molar refractivity (Wildman–Crippen MR) is 70.5 cm³/mol. The minimum atomic E-state index is -3.34. The molecule has 1 aromatic heterocycles. The Kier molecular flexibility index (Phi) is 4.06. The molecule has 0 amide bonds. The van der Waals surface area contributed by atoms with Gasteiger partial charge in [0.25, 0.3) is 0 Å². The number of nitrogens with one attached hydrogen (secondary N) is 1. The molecule has 1 saturated carbocycles. The molecule has 1 aromatic rings. The quantitative estimate of drug-likeness (QED) is 0.864. The lowest BCUT2D eigenvalue weighted by atomic mass is 10.1. The molecule has 0 spiro atoms. The minimum Gasteiger partial charge on any atom is -0.398 e. The van der Waals surface area contributed by atoms with Crippen molar-refractivity contribution in [2.45, 2.75) is 36.3 Å². The van der Waals surface area contributed by atoms with E-state index in [0.717, 1.165) is 17.8 Å². The Morgan fingerprint density at radius 1 is 1.41 bits per heavy atom. The lowest BCUT2D eigenvalue weighted by molar-refractivity contribution is 0.496. The lowest BCUT2D eigenvalue weighted by Crippen LogP contribution is -2.25. The van der Waals surface area contributed by atoms with E-state index in [2.05, 4.69) is 4.72 Å². The summed E-state index contributed by atoms with van der Waals surface area (Å²) in [7, 11) is -3.34. The van der Waals surface area contributed by atoms with Gasteiger partial charge >= 0.3 is 0 Å². The number of hydrogen-bond acceptors (Lipinski definition) is 4. The topological polar surface area (TPSA) is 72.2 Å².